The summed E-state index contributed by atoms with van der Waals surface area (Å²) < 4.78 is 0. The number of aliphatic imine (C=N–C) groups is 1. The van der Waals surface area contributed by atoms with Gasteiger partial charge in [0.1, 0.15) is 17.8 Å². The van der Waals surface area contributed by atoms with Gasteiger partial charge in [-0.1, -0.05) is 23.7 Å². The summed E-state index contributed by atoms with van der Waals surface area (Å²) in [4.78, 5) is 3.81. The van der Waals surface area contributed by atoms with Crippen LogP contribution in [0.15, 0.2) is 40.7 Å². The number of halogens is 1. The fourth-order valence-electron chi connectivity index (χ4n) is 0.938. The van der Waals surface area contributed by atoms with E-state index in [9.17, 15) is 0 Å². The minimum absolute atomic E-state index is 0.109. The van der Waals surface area contributed by atoms with Crippen molar-refractivity contribution < 1.29 is 0 Å². The largest absolute Gasteiger partial charge is 0.388 e. The van der Waals surface area contributed by atoms with E-state index in [0.29, 0.717) is 5.02 Å². The lowest BCUT2D eigenvalue weighted by molar-refractivity contribution is 1.27. The molecule has 0 atom stereocenters. The van der Waals surface area contributed by atoms with Crippen LogP contribution in [0.4, 0.5) is 0 Å². The number of hydrogen-bond donors (Lipinski definition) is 1. The quantitative estimate of drug-likeness (QED) is 0.623. The van der Waals surface area contributed by atoms with Crippen LogP contribution < -0.4 is 5.73 Å². The molecule has 0 saturated carbocycles. The summed E-state index contributed by atoms with van der Waals surface area (Å²) in [5.74, 6) is 0. The van der Waals surface area contributed by atoms with Crippen LogP contribution in [0.3, 0.4) is 0 Å². The van der Waals surface area contributed by atoms with Crippen LogP contribution in [-0.4, -0.2) is 6.21 Å². The lowest BCUT2D eigenvalue weighted by atomic mass is 10.2. The highest BCUT2D eigenvalue weighted by molar-refractivity contribution is 6.30. The van der Waals surface area contributed by atoms with E-state index in [1.165, 1.54) is 6.21 Å². The molecule has 0 radical (unpaired) electrons. The van der Waals surface area contributed by atoms with Crippen LogP contribution in [0.2, 0.25) is 5.02 Å². The normalized spacial score (nSPS) is 11.7. The van der Waals surface area contributed by atoms with Crippen molar-refractivity contribution in [1.29, 1.82) is 10.5 Å². The van der Waals surface area contributed by atoms with Gasteiger partial charge in [-0.2, -0.15) is 10.5 Å². The molecule has 0 amide bonds. The maximum absolute atomic E-state index is 8.68. The van der Waals surface area contributed by atoms with Crippen molar-refractivity contribution in [3.63, 3.8) is 0 Å². The summed E-state index contributed by atoms with van der Waals surface area (Å²) in [7, 11) is 0. The average molecular weight is 231 g/mol. The van der Waals surface area contributed by atoms with Crippen LogP contribution in [0, 0.1) is 22.7 Å². The van der Waals surface area contributed by atoms with E-state index in [0.717, 1.165) is 5.56 Å². The van der Waals surface area contributed by atoms with Crippen LogP contribution in [0.25, 0.3) is 0 Å². The highest BCUT2D eigenvalue weighted by Gasteiger charge is 1.98. The first kappa shape index (κ1) is 11.8. The van der Waals surface area contributed by atoms with Gasteiger partial charge in [0.2, 0.25) is 0 Å². The van der Waals surface area contributed by atoms with E-state index in [2.05, 4.69) is 4.99 Å². The van der Waals surface area contributed by atoms with Crippen LogP contribution in [0.5, 0.6) is 0 Å². The summed E-state index contributed by atoms with van der Waals surface area (Å²) >= 11 is 5.77. The Bertz CT molecular complexity index is 532. The molecule has 5 heteroatoms. The molecule has 1 aromatic carbocycles. The molecule has 0 fully saturated rings. The second-order valence-corrected chi connectivity index (χ2v) is 3.24. The number of rotatable bonds is 2. The van der Waals surface area contributed by atoms with Gasteiger partial charge >= 0.3 is 0 Å². The Hall–Kier alpha value is -2.30. The van der Waals surface area contributed by atoms with Gasteiger partial charge in [-0.15, -0.1) is 0 Å². The maximum Gasteiger partial charge on any atom is 0.174 e. The zero-order chi connectivity index (χ0) is 12.0. The Labute approximate surface area is 97.9 Å². The van der Waals surface area contributed by atoms with Crippen molar-refractivity contribution >= 4 is 17.8 Å². The van der Waals surface area contributed by atoms with Crippen LogP contribution in [0.1, 0.15) is 5.56 Å². The van der Waals surface area contributed by atoms with E-state index in [1.807, 2.05) is 0 Å². The van der Waals surface area contributed by atoms with Crippen molar-refractivity contribution in [2.24, 2.45) is 10.7 Å². The van der Waals surface area contributed by atoms with E-state index < -0.39 is 0 Å². The van der Waals surface area contributed by atoms with Gasteiger partial charge in [0, 0.05) is 11.2 Å². The predicted octanol–water partition coefficient (Wildman–Crippen LogP) is 1.98. The molecule has 16 heavy (non-hydrogen) atoms. The van der Waals surface area contributed by atoms with Gasteiger partial charge in [-0.05, 0) is 17.7 Å². The number of nitrogens with zero attached hydrogens (tertiary/aromatic N) is 3. The zero-order valence-corrected chi connectivity index (χ0v) is 8.94. The molecule has 2 N–H and O–H groups in total. The molecule has 0 heterocycles. The predicted molar refractivity (Wildman–Crippen MR) is 61.5 cm³/mol. The smallest absolute Gasteiger partial charge is 0.174 e. The first-order valence-electron chi connectivity index (χ1n) is 4.27. The minimum atomic E-state index is -0.208. The maximum atomic E-state index is 8.68. The monoisotopic (exact) mass is 230 g/mol. The minimum Gasteiger partial charge on any atom is -0.388 e. The number of nitrogens with two attached hydrogens (primary N) is 1. The summed E-state index contributed by atoms with van der Waals surface area (Å²) in [6, 6.07) is 10.3. The van der Waals surface area contributed by atoms with Gasteiger partial charge in [-0.25, -0.2) is 4.99 Å². The Kier molecular flexibility index (Phi) is 4.08. The van der Waals surface area contributed by atoms with E-state index in [4.69, 9.17) is 27.9 Å². The Morgan fingerprint density at radius 2 is 2.12 bits per heavy atom. The molecule has 0 aliphatic rings. The molecule has 0 aromatic heterocycles. The number of hydrogen-bond acceptors (Lipinski definition) is 4. The summed E-state index contributed by atoms with van der Waals surface area (Å²) in [6.45, 7) is 0. The molecular formula is C11H7ClN4. The third-order valence-corrected chi connectivity index (χ3v) is 1.91. The highest BCUT2D eigenvalue weighted by atomic mass is 35.5. The third kappa shape index (κ3) is 3.13. The number of nitriles is 2. The lowest BCUT2D eigenvalue weighted by Gasteiger charge is -1.94. The van der Waals surface area contributed by atoms with Crippen molar-refractivity contribution in [3.8, 4) is 12.1 Å². The molecule has 0 bridgehead atoms. The van der Waals surface area contributed by atoms with Gasteiger partial charge in [0.05, 0.1) is 0 Å². The molecule has 78 valence electrons. The molecule has 0 aliphatic carbocycles. The first-order chi connectivity index (χ1) is 7.67. The van der Waals surface area contributed by atoms with Crippen molar-refractivity contribution in [1.82, 2.24) is 0 Å². The Morgan fingerprint density at radius 3 is 2.69 bits per heavy atom. The second kappa shape index (κ2) is 5.55. The summed E-state index contributed by atoms with van der Waals surface area (Å²) in [6.07, 6.45) is 1.43. The first-order valence-corrected chi connectivity index (χ1v) is 4.64. The van der Waals surface area contributed by atoms with Crippen LogP contribution >= 0.6 is 11.6 Å². The molecular weight excluding hydrogens is 224 g/mol. The van der Waals surface area contributed by atoms with E-state index >= 15 is 0 Å². The molecule has 0 saturated heterocycles. The highest BCUT2D eigenvalue weighted by Crippen LogP contribution is 2.09. The van der Waals surface area contributed by atoms with Crippen molar-refractivity contribution in [2.75, 3.05) is 0 Å². The average Bonchev–Trinajstić information content (AvgIpc) is 2.29. The van der Waals surface area contributed by atoms with E-state index in [-0.39, 0.29) is 11.4 Å². The summed E-state index contributed by atoms with van der Waals surface area (Å²) in [5, 5.41) is 17.7. The zero-order valence-electron chi connectivity index (χ0n) is 8.18. The fourth-order valence-corrected chi connectivity index (χ4v) is 1.14. The van der Waals surface area contributed by atoms with E-state index in [1.54, 1.807) is 36.4 Å². The third-order valence-electron chi connectivity index (χ3n) is 1.67. The number of allylic oxidation sites excluding steroid dienone is 2. The SMILES string of the molecule is N#C/C(N)=C(\C#N)N=Cc1cccc(Cl)c1. The standard InChI is InChI=1S/C11H7ClN4/c12-9-3-1-2-8(4-9)7-16-11(6-14)10(15)5-13/h1-4,7H,15H2/b11-10-,16-7?. The molecule has 4 nitrogen and oxygen atoms in total. The molecule has 0 spiro atoms. The van der Waals surface area contributed by atoms with Gasteiger partial charge < -0.3 is 5.73 Å². The van der Waals surface area contributed by atoms with Crippen LogP contribution in [-0.2, 0) is 0 Å². The molecule has 1 rings (SSSR count). The van der Waals surface area contributed by atoms with Gasteiger partial charge in [0.25, 0.3) is 0 Å². The fraction of sp³-hybridized carbons (Fsp3) is 0. The second-order valence-electron chi connectivity index (χ2n) is 2.80. The molecule has 1 aromatic rings. The van der Waals surface area contributed by atoms with Gasteiger partial charge in [-0.3, -0.25) is 0 Å². The van der Waals surface area contributed by atoms with Gasteiger partial charge in [0.15, 0.2) is 5.70 Å². The summed E-state index contributed by atoms with van der Waals surface area (Å²) in [5.41, 5.74) is 5.69. The number of benzene rings is 1. The topological polar surface area (TPSA) is 86.0 Å². The molecule has 0 aliphatic heterocycles. The Morgan fingerprint density at radius 1 is 1.38 bits per heavy atom. The van der Waals surface area contributed by atoms with Crippen molar-refractivity contribution in [3.05, 3.63) is 46.2 Å². The lowest BCUT2D eigenvalue weighted by Crippen LogP contribution is -1.97. The van der Waals surface area contributed by atoms with Crippen molar-refractivity contribution in [2.45, 2.75) is 0 Å². The molecule has 0 unspecified atom stereocenters. The Balaban J connectivity index is 2.99.